The van der Waals surface area contributed by atoms with Crippen LogP contribution in [0.1, 0.15) is 56.6 Å². The third-order valence-corrected chi connectivity index (χ3v) is 5.36. The van der Waals surface area contributed by atoms with Crippen molar-refractivity contribution in [3.63, 3.8) is 0 Å². The van der Waals surface area contributed by atoms with Crippen molar-refractivity contribution in [2.75, 3.05) is 6.54 Å². The van der Waals surface area contributed by atoms with E-state index in [-0.39, 0.29) is 0 Å². The Morgan fingerprint density at radius 2 is 2.00 bits per heavy atom. The van der Waals surface area contributed by atoms with E-state index in [1.807, 2.05) is 0 Å². The standard InChI is InChI=1S/C17H27NS/c1-3-11-18-13-15-9-10-17(14(2)12-15)19-16-7-5-4-6-8-16/h9-10,12,16,18H,3-8,11,13H2,1-2H3. The molecule has 1 aliphatic carbocycles. The van der Waals surface area contributed by atoms with E-state index < -0.39 is 0 Å². The number of hydrogen-bond donors (Lipinski definition) is 1. The molecule has 19 heavy (non-hydrogen) atoms. The molecule has 0 heterocycles. The summed E-state index contributed by atoms with van der Waals surface area (Å²) in [7, 11) is 0. The van der Waals surface area contributed by atoms with E-state index in [1.165, 1.54) is 54.5 Å². The maximum absolute atomic E-state index is 3.47. The quantitative estimate of drug-likeness (QED) is 0.741. The number of rotatable bonds is 6. The van der Waals surface area contributed by atoms with Gasteiger partial charge in [-0.05, 0) is 49.9 Å². The molecule has 0 bridgehead atoms. The van der Waals surface area contributed by atoms with Crippen molar-refractivity contribution in [2.45, 2.75) is 69.1 Å². The van der Waals surface area contributed by atoms with Gasteiger partial charge in [0.25, 0.3) is 0 Å². The van der Waals surface area contributed by atoms with Gasteiger partial charge in [0.05, 0.1) is 0 Å². The van der Waals surface area contributed by atoms with Crippen molar-refractivity contribution in [3.8, 4) is 0 Å². The highest BCUT2D eigenvalue weighted by Crippen LogP contribution is 2.35. The lowest BCUT2D eigenvalue weighted by Gasteiger charge is -2.22. The van der Waals surface area contributed by atoms with Gasteiger partial charge in [0.2, 0.25) is 0 Å². The second-order valence-electron chi connectivity index (χ2n) is 5.65. The Morgan fingerprint density at radius 1 is 1.21 bits per heavy atom. The summed E-state index contributed by atoms with van der Waals surface area (Å²) >= 11 is 2.11. The molecule has 0 aliphatic heterocycles. The first kappa shape index (κ1) is 14.9. The lowest BCUT2D eigenvalue weighted by molar-refractivity contribution is 0.516. The molecule has 1 nitrogen and oxygen atoms in total. The van der Waals surface area contributed by atoms with Gasteiger partial charge in [-0.2, -0.15) is 0 Å². The van der Waals surface area contributed by atoms with Gasteiger partial charge in [-0.3, -0.25) is 0 Å². The molecule has 1 saturated carbocycles. The van der Waals surface area contributed by atoms with Gasteiger partial charge in [-0.1, -0.05) is 38.3 Å². The molecule has 2 heteroatoms. The molecule has 0 amide bonds. The van der Waals surface area contributed by atoms with Crippen LogP contribution in [0.2, 0.25) is 0 Å². The summed E-state index contributed by atoms with van der Waals surface area (Å²) in [4.78, 5) is 1.49. The average molecular weight is 277 g/mol. The zero-order valence-corrected chi connectivity index (χ0v) is 13.2. The smallest absolute Gasteiger partial charge is 0.0205 e. The van der Waals surface area contributed by atoms with E-state index in [9.17, 15) is 0 Å². The minimum atomic E-state index is 0.858. The van der Waals surface area contributed by atoms with Crippen molar-refractivity contribution in [1.29, 1.82) is 0 Å². The molecule has 1 N–H and O–H groups in total. The summed E-state index contributed by atoms with van der Waals surface area (Å²) < 4.78 is 0. The minimum Gasteiger partial charge on any atom is -0.313 e. The van der Waals surface area contributed by atoms with Crippen LogP contribution >= 0.6 is 11.8 Å². The van der Waals surface area contributed by atoms with E-state index in [2.05, 4.69) is 49.1 Å². The minimum absolute atomic E-state index is 0.858. The second-order valence-corrected chi connectivity index (χ2v) is 7.00. The van der Waals surface area contributed by atoms with Crippen molar-refractivity contribution in [2.24, 2.45) is 0 Å². The van der Waals surface area contributed by atoms with Gasteiger partial charge in [0, 0.05) is 16.7 Å². The largest absolute Gasteiger partial charge is 0.313 e. The lowest BCUT2D eigenvalue weighted by Crippen LogP contribution is -2.13. The average Bonchev–Trinajstić information content (AvgIpc) is 2.43. The van der Waals surface area contributed by atoms with Gasteiger partial charge in [-0.15, -0.1) is 11.8 Å². The molecule has 106 valence electrons. The van der Waals surface area contributed by atoms with E-state index in [0.717, 1.165) is 18.3 Å². The van der Waals surface area contributed by atoms with Crippen LogP contribution in [-0.4, -0.2) is 11.8 Å². The number of hydrogen-bond acceptors (Lipinski definition) is 2. The summed E-state index contributed by atoms with van der Waals surface area (Å²) in [5, 5.41) is 4.33. The first-order valence-corrected chi connectivity index (χ1v) is 8.64. The molecular formula is C17H27NS. The van der Waals surface area contributed by atoms with Gasteiger partial charge in [0.1, 0.15) is 0 Å². The summed E-state index contributed by atoms with van der Waals surface area (Å²) in [6.45, 7) is 6.58. The van der Waals surface area contributed by atoms with E-state index in [4.69, 9.17) is 0 Å². The van der Waals surface area contributed by atoms with E-state index >= 15 is 0 Å². The molecule has 0 spiro atoms. The number of nitrogens with one attached hydrogen (secondary N) is 1. The zero-order valence-electron chi connectivity index (χ0n) is 12.4. The monoisotopic (exact) mass is 277 g/mol. The SMILES string of the molecule is CCCNCc1ccc(SC2CCCCC2)c(C)c1. The summed E-state index contributed by atoms with van der Waals surface area (Å²) in [6, 6.07) is 6.98. The van der Waals surface area contributed by atoms with Gasteiger partial charge >= 0.3 is 0 Å². The highest BCUT2D eigenvalue weighted by atomic mass is 32.2. The molecule has 0 aromatic heterocycles. The summed E-state index contributed by atoms with van der Waals surface area (Å²) in [5.41, 5.74) is 2.87. The Hall–Kier alpha value is -0.470. The van der Waals surface area contributed by atoms with Crippen molar-refractivity contribution >= 4 is 11.8 Å². The van der Waals surface area contributed by atoms with Crippen LogP contribution in [0.25, 0.3) is 0 Å². The van der Waals surface area contributed by atoms with Crippen LogP contribution < -0.4 is 5.32 Å². The molecule has 1 aromatic carbocycles. The van der Waals surface area contributed by atoms with E-state index in [1.54, 1.807) is 0 Å². The Labute approximate surface area is 122 Å². The van der Waals surface area contributed by atoms with Crippen molar-refractivity contribution in [1.82, 2.24) is 5.32 Å². The number of benzene rings is 1. The second kappa shape index (κ2) is 7.96. The normalized spacial score (nSPS) is 16.7. The maximum Gasteiger partial charge on any atom is 0.0205 e. The Kier molecular flexibility index (Phi) is 6.25. The fraction of sp³-hybridized carbons (Fsp3) is 0.647. The molecule has 1 fully saturated rings. The molecular weight excluding hydrogens is 250 g/mol. The zero-order chi connectivity index (χ0) is 13.5. The van der Waals surface area contributed by atoms with Crippen LogP contribution in [0.5, 0.6) is 0 Å². The van der Waals surface area contributed by atoms with Crippen LogP contribution in [0, 0.1) is 6.92 Å². The van der Waals surface area contributed by atoms with Gasteiger partial charge in [0.15, 0.2) is 0 Å². The Bertz CT molecular complexity index is 383. The van der Waals surface area contributed by atoms with Crippen LogP contribution in [0.3, 0.4) is 0 Å². The van der Waals surface area contributed by atoms with Crippen LogP contribution in [-0.2, 0) is 6.54 Å². The predicted octanol–water partition coefficient (Wildman–Crippen LogP) is 4.92. The predicted molar refractivity (Wildman–Crippen MR) is 85.9 cm³/mol. The first-order chi connectivity index (χ1) is 9.29. The Morgan fingerprint density at radius 3 is 2.68 bits per heavy atom. The fourth-order valence-electron chi connectivity index (χ4n) is 2.73. The third-order valence-electron chi connectivity index (χ3n) is 3.84. The molecule has 0 saturated heterocycles. The highest BCUT2D eigenvalue weighted by molar-refractivity contribution is 8.00. The number of aryl methyl sites for hydroxylation is 1. The highest BCUT2D eigenvalue weighted by Gasteiger charge is 2.15. The van der Waals surface area contributed by atoms with Crippen LogP contribution in [0.4, 0.5) is 0 Å². The number of thioether (sulfide) groups is 1. The molecule has 0 radical (unpaired) electrons. The Balaban J connectivity index is 1.90. The van der Waals surface area contributed by atoms with Gasteiger partial charge in [-0.25, -0.2) is 0 Å². The van der Waals surface area contributed by atoms with Crippen molar-refractivity contribution < 1.29 is 0 Å². The molecule has 0 atom stereocenters. The van der Waals surface area contributed by atoms with Crippen molar-refractivity contribution in [3.05, 3.63) is 29.3 Å². The summed E-state index contributed by atoms with van der Waals surface area (Å²) in [6.07, 6.45) is 8.31. The molecule has 1 aromatic rings. The van der Waals surface area contributed by atoms with Crippen LogP contribution in [0.15, 0.2) is 23.1 Å². The lowest BCUT2D eigenvalue weighted by atomic mass is 10.0. The topological polar surface area (TPSA) is 12.0 Å². The maximum atomic E-state index is 3.47. The molecule has 2 rings (SSSR count). The molecule has 0 unspecified atom stereocenters. The van der Waals surface area contributed by atoms with Gasteiger partial charge < -0.3 is 5.32 Å². The first-order valence-electron chi connectivity index (χ1n) is 7.76. The molecule has 1 aliphatic rings. The fourth-order valence-corrected chi connectivity index (χ4v) is 4.05. The third kappa shape index (κ3) is 4.85. The summed E-state index contributed by atoms with van der Waals surface area (Å²) in [5.74, 6) is 0. The van der Waals surface area contributed by atoms with E-state index in [0.29, 0.717) is 0 Å².